The van der Waals surface area contributed by atoms with Crippen molar-refractivity contribution < 1.29 is 19.4 Å². The zero-order valence-corrected chi connectivity index (χ0v) is 19.1. The molecule has 0 saturated carbocycles. The third-order valence-electron chi connectivity index (χ3n) is 4.63. The smallest absolute Gasteiger partial charge is 0.305 e. The van der Waals surface area contributed by atoms with Gasteiger partial charge in [0.2, 0.25) is 5.95 Å². The summed E-state index contributed by atoms with van der Waals surface area (Å²) >= 11 is 0. The molecule has 176 valence electrons. The molecule has 0 aromatic carbocycles. The van der Waals surface area contributed by atoms with Crippen LogP contribution in [0.4, 0.5) is 17.6 Å². The lowest BCUT2D eigenvalue weighted by Crippen LogP contribution is -2.27. The fraction of sp³-hybridized carbons (Fsp3) is 0.429. The molecule has 3 aromatic rings. The Morgan fingerprint density at radius 3 is 2.73 bits per heavy atom. The van der Waals surface area contributed by atoms with Crippen molar-refractivity contribution in [3.63, 3.8) is 0 Å². The number of amides is 1. The Bertz CT molecular complexity index is 1140. The summed E-state index contributed by atoms with van der Waals surface area (Å²) in [6, 6.07) is 3.77. The maximum Gasteiger partial charge on any atom is 0.305 e. The van der Waals surface area contributed by atoms with Crippen LogP contribution in [0.1, 0.15) is 29.4 Å². The van der Waals surface area contributed by atoms with Gasteiger partial charge in [-0.1, -0.05) is 0 Å². The van der Waals surface area contributed by atoms with E-state index in [9.17, 15) is 9.59 Å². The minimum absolute atomic E-state index is 0.0224. The van der Waals surface area contributed by atoms with Crippen LogP contribution in [-0.4, -0.2) is 75.6 Å². The highest BCUT2D eigenvalue weighted by molar-refractivity contribution is 6.06. The van der Waals surface area contributed by atoms with Crippen molar-refractivity contribution in [1.29, 1.82) is 0 Å². The summed E-state index contributed by atoms with van der Waals surface area (Å²) in [5.74, 6) is -0.113. The van der Waals surface area contributed by atoms with Gasteiger partial charge < -0.3 is 25.4 Å². The van der Waals surface area contributed by atoms with E-state index in [2.05, 4.69) is 30.7 Å². The average molecular weight is 457 g/mol. The van der Waals surface area contributed by atoms with E-state index < -0.39 is 11.9 Å². The predicted molar refractivity (Wildman–Crippen MR) is 123 cm³/mol. The number of fused-ring (bicyclic) bond motifs is 1. The second kappa shape index (κ2) is 10.7. The Morgan fingerprint density at radius 1 is 1.27 bits per heavy atom. The van der Waals surface area contributed by atoms with E-state index in [0.717, 1.165) is 5.56 Å². The van der Waals surface area contributed by atoms with E-state index in [1.807, 2.05) is 26.0 Å². The SMILES string of the molecule is CCOCCn1nc(C(=O)NCCC(=O)O)c2nc(N(C)C)nc(Nc3cc(C)ccn3)c21. The molecule has 3 heterocycles. The molecule has 0 aliphatic heterocycles. The van der Waals surface area contributed by atoms with Gasteiger partial charge in [0.15, 0.2) is 11.5 Å². The number of ether oxygens (including phenoxy) is 1. The summed E-state index contributed by atoms with van der Waals surface area (Å²) in [5.41, 5.74) is 1.96. The van der Waals surface area contributed by atoms with Crippen molar-refractivity contribution in [2.24, 2.45) is 0 Å². The molecule has 3 aromatic heterocycles. The Kier molecular flexibility index (Phi) is 7.72. The zero-order chi connectivity index (χ0) is 24.0. The first-order valence-corrected chi connectivity index (χ1v) is 10.5. The molecule has 1 amide bonds. The molecule has 0 fully saturated rings. The van der Waals surface area contributed by atoms with Gasteiger partial charge in [-0.2, -0.15) is 10.1 Å². The number of aryl methyl sites for hydroxylation is 1. The van der Waals surface area contributed by atoms with Crippen molar-refractivity contribution in [3.05, 3.63) is 29.6 Å². The van der Waals surface area contributed by atoms with Crippen molar-refractivity contribution in [3.8, 4) is 0 Å². The van der Waals surface area contributed by atoms with Crippen LogP contribution in [0.25, 0.3) is 11.0 Å². The molecule has 3 rings (SSSR count). The largest absolute Gasteiger partial charge is 0.481 e. The van der Waals surface area contributed by atoms with Gasteiger partial charge >= 0.3 is 5.97 Å². The average Bonchev–Trinajstić information content (AvgIpc) is 3.12. The van der Waals surface area contributed by atoms with Crippen LogP contribution < -0.4 is 15.5 Å². The van der Waals surface area contributed by atoms with Crippen molar-refractivity contribution in [2.75, 3.05) is 44.1 Å². The topological polar surface area (TPSA) is 147 Å². The number of hydrogen-bond donors (Lipinski definition) is 3. The molecule has 0 aliphatic rings. The minimum atomic E-state index is -1.00. The Balaban J connectivity index is 2.11. The van der Waals surface area contributed by atoms with Gasteiger partial charge in [-0.3, -0.25) is 14.3 Å². The quantitative estimate of drug-likeness (QED) is 0.363. The van der Waals surface area contributed by atoms with Gasteiger partial charge in [0.05, 0.1) is 19.6 Å². The van der Waals surface area contributed by atoms with E-state index in [0.29, 0.717) is 48.4 Å². The molecule has 33 heavy (non-hydrogen) atoms. The molecule has 3 N–H and O–H groups in total. The highest BCUT2D eigenvalue weighted by Gasteiger charge is 2.24. The first kappa shape index (κ1) is 23.9. The molecule has 12 heteroatoms. The lowest BCUT2D eigenvalue weighted by atomic mass is 10.3. The molecule has 0 aliphatic carbocycles. The molecule has 0 radical (unpaired) electrons. The summed E-state index contributed by atoms with van der Waals surface area (Å²) in [6.07, 6.45) is 1.50. The van der Waals surface area contributed by atoms with Crippen LogP contribution in [0.5, 0.6) is 0 Å². The fourth-order valence-corrected chi connectivity index (χ4v) is 3.06. The Hall–Kier alpha value is -3.80. The van der Waals surface area contributed by atoms with E-state index >= 15 is 0 Å². The number of hydrogen-bond acceptors (Lipinski definition) is 9. The van der Waals surface area contributed by atoms with Crippen LogP contribution in [0, 0.1) is 6.92 Å². The Labute approximate surface area is 191 Å². The summed E-state index contributed by atoms with van der Waals surface area (Å²) in [7, 11) is 3.59. The number of rotatable bonds is 11. The van der Waals surface area contributed by atoms with Gasteiger partial charge in [-0.15, -0.1) is 0 Å². The lowest BCUT2D eigenvalue weighted by molar-refractivity contribution is -0.136. The molecule has 0 spiro atoms. The third kappa shape index (κ3) is 5.92. The standard InChI is InChI=1S/C21H28N8O4/c1-5-33-11-10-29-18-16(17(27-29)20(32)23-9-7-15(30)31)25-21(28(3)4)26-19(18)24-14-12-13(2)6-8-22-14/h6,8,12H,5,7,9-11H2,1-4H3,(H,23,32)(H,30,31)(H,22,24,25,26). The highest BCUT2D eigenvalue weighted by Crippen LogP contribution is 2.28. The predicted octanol–water partition coefficient (Wildman–Crippen LogP) is 1.58. The van der Waals surface area contributed by atoms with Gasteiger partial charge in [-0.25, -0.2) is 9.97 Å². The van der Waals surface area contributed by atoms with Crippen LogP contribution >= 0.6 is 0 Å². The van der Waals surface area contributed by atoms with Crippen LogP contribution in [0.2, 0.25) is 0 Å². The van der Waals surface area contributed by atoms with Crippen LogP contribution in [0.3, 0.4) is 0 Å². The van der Waals surface area contributed by atoms with E-state index in [-0.39, 0.29) is 18.7 Å². The number of aliphatic carboxylic acids is 1. The van der Waals surface area contributed by atoms with E-state index in [1.54, 1.807) is 29.9 Å². The number of aromatic nitrogens is 5. The highest BCUT2D eigenvalue weighted by atomic mass is 16.5. The number of nitrogens with one attached hydrogen (secondary N) is 2. The molecule has 0 saturated heterocycles. The molecular weight excluding hydrogens is 428 g/mol. The maximum atomic E-state index is 12.9. The maximum absolute atomic E-state index is 12.9. The number of pyridine rings is 1. The van der Waals surface area contributed by atoms with Gasteiger partial charge in [0.1, 0.15) is 16.9 Å². The van der Waals surface area contributed by atoms with Crippen LogP contribution in [-0.2, 0) is 16.1 Å². The summed E-state index contributed by atoms with van der Waals surface area (Å²) in [4.78, 5) is 38.9. The van der Waals surface area contributed by atoms with Crippen molar-refractivity contribution in [2.45, 2.75) is 26.8 Å². The summed E-state index contributed by atoms with van der Waals surface area (Å²) in [5, 5.41) is 19.2. The molecular formula is C21H28N8O4. The van der Waals surface area contributed by atoms with Gasteiger partial charge in [0.25, 0.3) is 5.91 Å². The number of carboxylic acids is 1. The zero-order valence-electron chi connectivity index (χ0n) is 19.1. The van der Waals surface area contributed by atoms with Crippen molar-refractivity contribution >= 4 is 40.5 Å². The lowest BCUT2D eigenvalue weighted by Gasteiger charge is -2.14. The van der Waals surface area contributed by atoms with E-state index in [4.69, 9.17) is 9.84 Å². The minimum Gasteiger partial charge on any atom is -0.481 e. The molecule has 0 bridgehead atoms. The van der Waals surface area contributed by atoms with Gasteiger partial charge in [0, 0.05) is 33.4 Å². The molecule has 12 nitrogen and oxygen atoms in total. The monoisotopic (exact) mass is 456 g/mol. The molecule has 0 atom stereocenters. The molecule has 0 unspecified atom stereocenters. The first-order valence-electron chi connectivity index (χ1n) is 10.5. The second-order valence-electron chi connectivity index (χ2n) is 7.48. The summed E-state index contributed by atoms with van der Waals surface area (Å²) < 4.78 is 7.09. The third-order valence-corrected chi connectivity index (χ3v) is 4.63. The number of carbonyl (C=O) groups is 2. The normalized spacial score (nSPS) is 10.9. The van der Waals surface area contributed by atoms with Gasteiger partial charge in [-0.05, 0) is 31.5 Å². The Morgan fingerprint density at radius 2 is 2.06 bits per heavy atom. The number of carbonyl (C=O) groups excluding carboxylic acids is 1. The summed E-state index contributed by atoms with van der Waals surface area (Å²) in [6.45, 7) is 5.12. The number of nitrogens with zero attached hydrogens (tertiary/aromatic N) is 6. The van der Waals surface area contributed by atoms with E-state index in [1.165, 1.54) is 0 Å². The van der Waals surface area contributed by atoms with Crippen LogP contribution in [0.15, 0.2) is 18.3 Å². The number of anilines is 3. The van der Waals surface area contributed by atoms with Crippen molar-refractivity contribution in [1.82, 2.24) is 30.0 Å². The first-order chi connectivity index (χ1) is 15.8. The number of carboxylic acid groups (broad SMARTS) is 1. The second-order valence-corrected chi connectivity index (χ2v) is 7.48. The fourth-order valence-electron chi connectivity index (χ4n) is 3.06.